The molecule has 0 N–H and O–H groups in total. The van der Waals surface area contributed by atoms with Crippen molar-refractivity contribution >= 4 is 17.5 Å². The predicted octanol–water partition coefficient (Wildman–Crippen LogP) is 3.85. The highest BCUT2D eigenvalue weighted by Crippen LogP contribution is 2.46. The van der Waals surface area contributed by atoms with Gasteiger partial charge < -0.3 is 9.80 Å². The van der Waals surface area contributed by atoms with Crippen molar-refractivity contribution < 1.29 is 4.79 Å². The summed E-state index contributed by atoms with van der Waals surface area (Å²) in [6.45, 7) is 0. The normalized spacial score (nSPS) is 29.0. The largest absolute Gasteiger partial charge is 0.343 e. The van der Waals surface area contributed by atoms with Crippen LogP contribution < -0.4 is 0 Å². The molecule has 0 spiro atoms. The molecule has 3 rings (SSSR count). The van der Waals surface area contributed by atoms with E-state index >= 15 is 0 Å². The van der Waals surface area contributed by atoms with Crippen LogP contribution >= 0.6 is 11.6 Å². The van der Waals surface area contributed by atoms with E-state index in [1.807, 2.05) is 36.2 Å². The molecule has 2 aliphatic carbocycles. The van der Waals surface area contributed by atoms with Crippen molar-refractivity contribution in [2.24, 2.45) is 11.8 Å². The van der Waals surface area contributed by atoms with Gasteiger partial charge in [0.25, 0.3) is 0 Å². The van der Waals surface area contributed by atoms with E-state index in [-0.39, 0.29) is 5.91 Å². The van der Waals surface area contributed by atoms with Crippen molar-refractivity contribution in [3.05, 3.63) is 34.9 Å². The van der Waals surface area contributed by atoms with Crippen molar-refractivity contribution in [1.29, 1.82) is 0 Å². The molecule has 2 unspecified atom stereocenters. The standard InChI is InChI=1S/C20H29ClN2O/c1-22(2)17-10-15-12-18(13-16(15)11-17)23(3)20(24)9-8-14-6-4-5-7-19(14)21/h4-7,15-18H,8-13H2,1-3H3/t15-,16+,17?,18?. The molecular weight excluding hydrogens is 320 g/mol. The lowest BCUT2D eigenvalue weighted by atomic mass is 10.0. The van der Waals surface area contributed by atoms with Gasteiger partial charge in [-0.1, -0.05) is 29.8 Å². The highest BCUT2D eigenvalue weighted by Gasteiger charge is 2.43. The zero-order valence-electron chi connectivity index (χ0n) is 15.0. The van der Waals surface area contributed by atoms with Crippen LogP contribution in [0, 0.1) is 11.8 Å². The average molecular weight is 349 g/mol. The molecule has 132 valence electrons. The summed E-state index contributed by atoms with van der Waals surface area (Å²) < 4.78 is 0. The van der Waals surface area contributed by atoms with Gasteiger partial charge >= 0.3 is 0 Å². The van der Waals surface area contributed by atoms with Gasteiger partial charge in [-0.25, -0.2) is 0 Å². The third-order valence-corrected chi connectivity index (χ3v) is 6.57. The Bertz CT molecular complexity index is 575. The third-order valence-electron chi connectivity index (χ3n) is 6.20. The van der Waals surface area contributed by atoms with Crippen LogP contribution in [0.2, 0.25) is 5.02 Å². The van der Waals surface area contributed by atoms with Crippen LogP contribution in [0.5, 0.6) is 0 Å². The molecule has 0 heterocycles. The summed E-state index contributed by atoms with van der Waals surface area (Å²) in [5.41, 5.74) is 1.07. The maximum atomic E-state index is 12.6. The van der Waals surface area contributed by atoms with E-state index in [1.54, 1.807) is 0 Å². The van der Waals surface area contributed by atoms with Gasteiger partial charge in [-0.05, 0) is 69.7 Å². The maximum absolute atomic E-state index is 12.6. The first kappa shape index (κ1) is 17.8. The highest BCUT2D eigenvalue weighted by molar-refractivity contribution is 6.31. The van der Waals surface area contributed by atoms with Crippen molar-refractivity contribution in [2.45, 2.75) is 50.6 Å². The van der Waals surface area contributed by atoms with E-state index in [0.29, 0.717) is 12.5 Å². The van der Waals surface area contributed by atoms with Gasteiger partial charge in [-0.2, -0.15) is 0 Å². The Morgan fingerprint density at radius 2 is 1.62 bits per heavy atom. The van der Waals surface area contributed by atoms with Gasteiger partial charge in [0.15, 0.2) is 0 Å². The number of hydrogen-bond acceptors (Lipinski definition) is 2. The summed E-state index contributed by atoms with van der Waals surface area (Å²) in [6, 6.07) is 8.98. The number of benzene rings is 1. The van der Waals surface area contributed by atoms with Gasteiger partial charge in [-0.15, -0.1) is 0 Å². The molecule has 2 fully saturated rings. The minimum absolute atomic E-state index is 0.254. The van der Waals surface area contributed by atoms with Gasteiger partial charge in [-0.3, -0.25) is 4.79 Å². The number of amides is 1. The Labute approximate surface area is 151 Å². The molecule has 1 aromatic rings. The second-order valence-corrected chi connectivity index (χ2v) is 8.24. The molecule has 24 heavy (non-hydrogen) atoms. The average Bonchev–Trinajstić information content (AvgIpc) is 3.12. The number of nitrogens with zero attached hydrogens (tertiary/aromatic N) is 2. The second-order valence-electron chi connectivity index (χ2n) is 7.83. The molecule has 2 aliphatic rings. The minimum Gasteiger partial charge on any atom is -0.343 e. The lowest BCUT2D eigenvalue weighted by molar-refractivity contribution is -0.131. The molecule has 0 aromatic heterocycles. The number of carbonyl (C=O) groups is 1. The van der Waals surface area contributed by atoms with Gasteiger partial charge in [0.2, 0.25) is 5.91 Å². The van der Waals surface area contributed by atoms with Crippen LogP contribution in [0.4, 0.5) is 0 Å². The number of fused-ring (bicyclic) bond motifs is 1. The third kappa shape index (κ3) is 3.78. The molecule has 4 heteroatoms. The van der Waals surface area contributed by atoms with Gasteiger partial charge in [0, 0.05) is 30.6 Å². The number of aryl methyl sites for hydroxylation is 1. The Balaban J connectivity index is 1.50. The van der Waals surface area contributed by atoms with E-state index in [4.69, 9.17) is 11.6 Å². The van der Waals surface area contributed by atoms with E-state index in [2.05, 4.69) is 19.0 Å². The zero-order valence-corrected chi connectivity index (χ0v) is 15.8. The fourth-order valence-corrected chi connectivity index (χ4v) is 4.84. The maximum Gasteiger partial charge on any atom is 0.222 e. The summed E-state index contributed by atoms with van der Waals surface area (Å²) in [4.78, 5) is 17.0. The van der Waals surface area contributed by atoms with Crippen LogP contribution in [0.25, 0.3) is 0 Å². The monoisotopic (exact) mass is 348 g/mol. The van der Waals surface area contributed by atoms with E-state index < -0.39 is 0 Å². The Morgan fingerprint density at radius 1 is 1.04 bits per heavy atom. The summed E-state index contributed by atoms with van der Waals surface area (Å²) >= 11 is 6.19. The molecule has 4 atom stereocenters. The molecule has 2 saturated carbocycles. The number of carbonyl (C=O) groups excluding carboxylic acids is 1. The van der Waals surface area contributed by atoms with E-state index in [9.17, 15) is 4.79 Å². The molecule has 0 aliphatic heterocycles. The highest BCUT2D eigenvalue weighted by atomic mass is 35.5. The van der Waals surface area contributed by atoms with Gasteiger partial charge in [0.1, 0.15) is 0 Å². The summed E-state index contributed by atoms with van der Waals surface area (Å²) in [5.74, 6) is 1.87. The Kier molecular flexibility index (Phi) is 5.51. The number of halogens is 1. The predicted molar refractivity (Wildman–Crippen MR) is 99.3 cm³/mol. The molecular formula is C20H29ClN2O. The number of rotatable bonds is 5. The second kappa shape index (κ2) is 7.45. The Hall–Kier alpha value is -1.06. The Morgan fingerprint density at radius 3 is 2.21 bits per heavy atom. The summed E-state index contributed by atoms with van der Waals surface area (Å²) in [7, 11) is 6.37. The molecule has 1 amide bonds. The first-order valence-electron chi connectivity index (χ1n) is 9.11. The molecule has 3 nitrogen and oxygen atoms in total. The molecule has 0 saturated heterocycles. The molecule has 1 aromatic carbocycles. The van der Waals surface area contributed by atoms with Crippen LogP contribution in [0.15, 0.2) is 24.3 Å². The van der Waals surface area contributed by atoms with Crippen LogP contribution in [-0.2, 0) is 11.2 Å². The van der Waals surface area contributed by atoms with Crippen molar-refractivity contribution in [2.75, 3.05) is 21.1 Å². The zero-order chi connectivity index (χ0) is 17.3. The summed E-state index contributed by atoms with van der Waals surface area (Å²) in [6.07, 6.45) is 6.25. The van der Waals surface area contributed by atoms with Crippen molar-refractivity contribution in [3.8, 4) is 0 Å². The van der Waals surface area contributed by atoms with Gasteiger partial charge in [0.05, 0.1) is 0 Å². The van der Waals surface area contributed by atoms with Crippen LogP contribution in [0.3, 0.4) is 0 Å². The lowest BCUT2D eigenvalue weighted by Gasteiger charge is -2.27. The van der Waals surface area contributed by atoms with E-state index in [0.717, 1.165) is 34.9 Å². The first-order valence-corrected chi connectivity index (χ1v) is 9.49. The number of hydrogen-bond donors (Lipinski definition) is 0. The minimum atomic E-state index is 0.254. The van der Waals surface area contributed by atoms with Crippen LogP contribution in [0.1, 0.15) is 37.7 Å². The van der Waals surface area contributed by atoms with E-state index in [1.165, 1.54) is 25.7 Å². The fraction of sp³-hybridized carbons (Fsp3) is 0.650. The topological polar surface area (TPSA) is 23.6 Å². The van der Waals surface area contributed by atoms with Crippen molar-refractivity contribution in [1.82, 2.24) is 9.80 Å². The summed E-state index contributed by atoms with van der Waals surface area (Å²) in [5, 5.41) is 0.762. The first-order chi connectivity index (χ1) is 11.5. The fourth-order valence-electron chi connectivity index (χ4n) is 4.61. The lowest BCUT2D eigenvalue weighted by Crippen LogP contribution is -2.36. The van der Waals surface area contributed by atoms with Crippen LogP contribution in [-0.4, -0.2) is 48.9 Å². The molecule has 0 bridgehead atoms. The smallest absolute Gasteiger partial charge is 0.222 e. The molecule has 0 radical (unpaired) electrons. The quantitative estimate of drug-likeness (QED) is 0.807. The SMILES string of the molecule is CN(C)C1C[C@@H]2CC(N(C)C(=O)CCc3ccccc3Cl)C[C@@H]2C1. The van der Waals surface area contributed by atoms with Crippen molar-refractivity contribution in [3.63, 3.8) is 0 Å².